The molecule has 0 aromatic heterocycles. The number of rotatable bonds is 4. The molecule has 7 heteroatoms. The molecule has 108 valence electrons. The first kappa shape index (κ1) is 15.8. The molecule has 0 saturated heterocycles. The molecule has 4 nitrogen and oxygen atoms in total. The van der Waals surface area contributed by atoms with Crippen LogP contribution >= 0.6 is 0 Å². The van der Waals surface area contributed by atoms with E-state index in [0.29, 0.717) is 5.56 Å². The van der Waals surface area contributed by atoms with E-state index >= 15 is 0 Å². The van der Waals surface area contributed by atoms with Gasteiger partial charge in [0.2, 0.25) is 0 Å². The van der Waals surface area contributed by atoms with Crippen molar-refractivity contribution in [1.29, 1.82) is 5.26 Å². The molecule has 0 N–H and O–H groups in total. The van der Waals surface area contributed by atoms with Crippen LogP contribution in [0.5, 0.6) is 5.75 Å². The monoisotopic (exact) mass is 287 g/mol. The lowest BCUT2D eigenvalue weighted by Gasteiger charge is -2.15. The maximum atomic E-state index is 12.4. The van der Waals surface area contributed by atoms with Crippen molar-refractivity contribution in [3.05, 3.63) is 28.8 Å². The van der Waals surface area contributed by atoms with Crippen LogP contribution in [-0.4, -0.2) is 18.9 Å². The molecule has 0 aliphatic carbocycles. The number of nitriles is 1. The number of benzene rings is 1. The zero-order valence-corrected chi connectivity index (χ0v) is 10.9. The van der Waals surface area contributed by atoms with Crippen LogP contribution in [0.4, 0.5) is 13.2 Å². The van der Waals surface area contributed by atoms with E-state index in [2.05, 4.69) is 9.47 Å². The lowest BCUT2D eigenvalue weighted by molar-refractivity contribution is -0.275. The summed E-state index contributed by atoms with van der Waals surface area (Å²) < 4.78 is 45.6. The molecule has 0 heterocycles. The van der Waals surface area contributed by atoms with Gasteiger partial charge in [-0.15, -0.1) is 13.2 Å². The van der Waals surface area contributed by atoms with Gasteiger partial charge in [0.15, 0.2) is 0 Å². The SMILES string of the molecule is CCOC(=O)Cc1c(C#N)cc(C)cc1OC(F)(F)F. The molecular weight excluding hydrogens is 275 g/mol. The fraction of sp³-hybridized carbons (Fsp3) is 0.385. The second-order valence-electron chi connectivity index (χ2n) is 3.93. The van der Waals surface area contributed by atoms with Crippen molar-refractivity contribution in [3.8, 4) is 11.8 Å². The number of carbonyl (C=O) groups excluding carboxylic acids is 1. The highest BCUT2D eigenvalue weighted by Gasteiger charge is 2.33. The minimum atomic E-state index is -4.90. The van der Waals surface area contributed by atoms with E-state index in [1.807, 2.05) is 0 Å². The fourth-order valence-corrected chi connectivity index (χ4v) is 1.64. The summed E-state index contributed by atoms with van der Waals surface area (Å²) in [5.74, 6) is -1.28. The molecule has 0 aliphatic rings. The van der Waals surface area contributed by atoms with Gasteiger partial charge in [-0.05, 0) is 31.5 Å². The molecule has 0 fully saturated rings. The lowest BCUT2D eigenvalue weighted by atomic mass is 10.0. The number of hydrogen-bond donors (Lipinski definition) is 0. The summed E-state index contributed by atoms with van der Waals surface area (Å²) in [6, 6.07) is 4.27. The van der Waals surface area contributed by atoms with Crippen LogP contribution in [0.3, 0.4) is 0 Å². The van der Waals surface area contributed by atoms with Crippen LogP contribution in [0.2, 0.25) is 0 Å². The summed E-state index contributed by atoms with van der Waals surface area (Å²) in [7, 11) is 0. The van der Waals surface area contributed by atoms with Crippen molar-refractivity contribution in [2.24, 2.45) is 0 Å². The Kier molecular flexibility index (Phi) is 4.97. The third-order valence-electron chi connectivity index (χ3n) is 2.33. The summed E-state index contributed by atoms with van der Waals surface area (Å²) in [4.78, 5) is 11.4. The molecule has 0 bridgehead atoms. The smallest absolute Gasteiger partial charge is 0.466 e. The van der Waals surface area contributed by atoms with Crippen LogP contribution < -0.4 is 4.74 Å². The minimum Gasteiger partial charge on any atom is -0.466 e. The molecule has 1 aromatic rings. The Morgan fingerprint density at radius 3 is 2.55 bits per heavy atom. The topological polar surface area (TPSA) is 59.3 Å². The van der Waals surface area contributed by atoms with Gasteiger partial charge in [0.05, 0.1) is 24.7 Å². The quantitative estimate of drug-likeness (QED) is 0.799. The number of aryl methyl sites for hydroxylation is 1. The van der Waals surface area contributed by atoms with Crippen LogP contribution in [0, 0.1) is 18.3 Å². The van der Waals surface area contributed by atoms with Gasteiger partial charge in [0.25, 0.3) is 0 Å². The molecule has 0 amide bonds. The number of ether oxygens (including phenoxy) is 2. The van der Waals surface area contributed by atoms with E-state index in [-0.39, 0.29) is 17.7 Å². The zero-order valence-electron chi connectivity index (χ0n) is 10.9. The fourth-order valence-electron chi connectivity index (χ4n) is 1.64. The zero-order chi connectivity index (χ0) is 15.3. The summed E-state index contributed by atoms with van der Waals surface area (Å²) >= 11 is 0. The Balaban J connectivity index is 3.23. The summed E-state index contributed by atoms with van der Waals surface area (Å²) in [5.41, 5.74) is 0.250. The predicted molar refractivity (Wildman–Crippen MR) is 62.9 cm³/mol. The van der Waals surface area contributed by atoms with Gasteiger partial charge in [0.1, 0.15) is 5.75 Å². The molecule has 1 rings (SSSR count). The van der Waals surface area contributed by atoms with Gasteiger partial charge in [-0.2, -0.15) is 5.26 Å². The summed E-state index contributed by atoms with van der Waals surface area (Å²) in [6.07, 6.45) is -5.35. The van der Waals surface area contributed by atoms with E-state index in [9.17, 15) is 18.0 Å². The molecule has 0 radical (unpaired) electrons. The first-order valence-corrected chi connectivity index (χ1v) is 5.71. The number of carbonyl (C=O) groups is 1. The average Bonchev–Trinajstić information content (AvgIpc) is 2.30. The second kappa shape index (κ2) is 6.28. The van der Waals surface area contributed by atoms with E-state index in [1.54, 1.807) is 13.0 Å². The van der Waals surface area contributed by atoms with Crippen molar-refractivity contribution in [3.63, 3.8) is 0 Å². The van der Waals surface area contributed by atoms with E-state index < -0.39 is 24.5 Å². The number of nitrogens with zero attached hydrogens (tertiary/aromatic N) is 1. The Bertz CT molecular complexity index is 547. The maximum Gasteiger partial charge on any atom is 0.573 e. The van der Waals surface area contributed by atoms with Gasteiger partial charge < -0.3 is 9.47 Å². The molecule has 0 spiro atoms. The van der Waals surface area contributed by atoms with Gasteiger partial charge in [-0.25, -0.2) is 0 Å². The predicted octanol–water partition coefficient (Wildman–Crippen LogP) is 2.87. The van der Waals surface area contributed by atoms with Crippen LogP contribution in [0.1, 0.15) is 23.6 Å². The molecule has 0 saturated carbocycles. The van der Waals surface area contributed by atoms with Crippen LogP contribution in [-0.2, 0) is 16.0 Å². The highest BCUT2D eigenvalue weighted by molar-refractivity contribution is 5.75. The van der Waals surface area contributed by atoms with Crippen LogP contribution in [0.25, 0.3) is 0 Å². The first-order chi connectivity index (χ1) is 9.26. The van der Waals surface area contributed by atoms with Gasteiger partial charge in [-0.3, -0.25) is 4.79 Å². The largest absolute Gasteiger partial charge is 0.573 e. The molecule has 1 aromatic carbocycles. The van der Waals surface area contributed by atoms with Gasteiger partial charge >= 0.3 is 12.3 Å². The molecule has 0 unspecified atom stereocenters. The second-order valence-corrected chi connectivity index (χ2v) is 3.93. The minimum absolute atomic E-state index is 0.0442. The molecular formula is C13H12F3NO3. The summed E-state index contributed by atoms with van der Waals surface area (Å²) in [5, 5.41) is 8.97. The third kappa shape index (κ3) is 4.46. The van der Waals surface area contributed by atoms with E-state index in [1.165, 1.54) is 13.0 Å². The normalized spacial score (nSPS) is 10.8. The Labute approximate surface area is 113 Å². The number of hydrogen-bond acceptors (Lipinski definition) is 4. The highest BCUT2D eigenvalue weighted by Crippen LogP contribution is 2.30. The van der Waals surface area contributed by atoms with Crippen molar-refractivity contribution < 1.29 is 27.4 Å². The molecule has 0 aliphatic heterocycles. The van der Waals surface area contributed by atoms with E-state index in [4.69, 9.17) is 5.26 Å². The number of halogens is 3. The first-order valence-electron chi connectivity index (χ1n) is 5.71. The number of esters is 1. The molecule has 20 heavy (non-hydrogen) atoms. The Morgan fingerprint density at radius 2 is 2.05 bits per heavy atom. The van der Waals surface area contributed by atoms with Crippen LogP contribution in [0.15, 0.2) is 12.1 Å². The third-order valence-corrected chi connectivity index (χ3v) is 2.33. The van der Waals surface area contributed by atoms with Gasteiger partial charge in [-0.1, -0.05) is 0 Å². The average molecular weight is 287 g/mol. The lowest BCUT2D eigenvalue weighted by Crippen LogP contribution is -2.20. The highest BCUT2D eigenvalue weighted by atomic mass is 19.4. The maximum absolute atomic E-state index is 12.4. The standard InChI is InChI=1S/C13H12F3NO3/c1-3-19-12(18)6-10-9(7-17)4-8(2)5-11(10)20-13(14,15)16/h4-5H,3,6H2,1-2H3. The van der Waals surface area contributed by atoms with Gasteiger partial charge in [0, 0.05) is 5.56 Å². The van der Waals surface area contributed by atoms with E-state index in [0.717, 1.165) is 6.07 Å². The Hall–Kier alpha value is -2.23. The van der Waals surface area contributed by atoms with Crippen molar-refractivity contribution in [2.45, 2.75) is 26.6 Å². The van der Waals surface area contributed by atoms with Crippen molar-refractivity contribution in [1.82, 2.24) is 0 Å². The van der Waals surface area contributed by atoms with Crippen molar-refractivity contribution in [2.75, 3.05) is 6.61 Å². The molecule has 0 atom stereocenters. The Morgan fingerprint density at radius 1 is 1.40 bits per heavy atom. The summed E-state index contributed by atoms with van der Waals surface area (Å²) in [6.45, 7) is 3.20. The number of alkyl halides is 3. The van der Waals surface area contributed by atoms with Crippen molar-refractivity contribution >= 4 is 5.97 Å².